The average Bonchev–Trinajstić information content (AvgIpc) is 3.04. The van der Waals surface area contributed by atoms with Gasteiger partial charge in [-0.1, -0.05) is 25.6 Å². The predicted octanol–water partition coefficient (Wildman–Crippen LogP) is 1.83. The van der Waals surface area contributed by atoms with Gasteiger partial charge in [0.05, 0.1) is 13.2 Å². The molecule has 3 N–H and O–H groups in total. The SMILES string of the molecule is CSc1nnc(CCCN=C(N)NCCCN2CCOCC2)n1CC(C)C.I. The first-order valence-electron chi connectivity index (χ1n) is 9.90. The Balaban J connectivity index is 0.00000392. The van der Waals surface area contributed by atoms with E-state index in [1.807, 2.05) is 6.26 Å². The number of aryl methyl sites for hydroxylation is 1. The van der Waals surface area contributed by atoms with Crippen LogP contribution in [0.25, 0.3) is 0 Å². The second-order valence-electron chi connectivity index (χ2n) is 7.21. The van der Waals surface area contributed by atoms with Crippen LogP contribution in [-0.4, -0.2) is 77.8 Å². The van der Waals surface area contributed by atoms with Crippen molar-refractivity contribution >= 4 is 41.7 Å². The summed E-state index contributed by atoms with van der Waals surface area (Å²) in [5, 5.41) is 12.8. The maximum Gasteiger partial charge on any atom is 0.190 e. The lowest BCUT2D eigenvalue weighted by Gasteiger charge is -2.26. The van der Waals surface area contributed by atoms with Gasteiger partial charge in [0.1, 0.15) is 5.82 Å². The zero-order chi connectivity index (χ0) is 19.5. The maximum atomic E-state index is 5.96. The van der Waals surface area contributed by atoms with Gasteiger partial charge in [-0.05, 0) is 31.6 Å². The molecule has 0 atom stereocenters. The monoisotopic (exact) mass is 525 g/mol. The second kappa shape index (κ2) is 14.4. The number of nitrogens with one attached hydrogen (secondary N) is 1. The molecule has 8 nitrogen and oxygen atoms in total. The van der Waals surface area contributed by atoms with E-state index < -0.39 is 0 Å². The minimum Gasteiger partial charge on any atom is -0.379 e. The Hall–Kier alpha value is -0.590. The van der Waals surface area contributed by atoms with E-state index >= 15 is 0 Å². The Labute approximate surface area is 190 Å². The van der Waals surface area contributed by atoms with Crippen molar-refractivity contribution in [3.8, 4) is 0 Å². The van der Waals surface area contributed by atoms with Crippen LogP contribution in [0.3, 0.4) is 0 Å². The van der Waals surface area contributed by atoms with E-state index in [1.165, 1.54) is 0 Å². The molecule has 162 valence electrons. The number of halogens is 1. The molecular weight excluding hydrogens is 489 g/mol. The molecule has 1 aromatic rings. The minimum absolute atomic E-state index is 0. The topological polar surface area (TPSA) is 93.6 Å². The summed E-state index contributed by atoms with van der Waals surface area (Å²) >= 11 is 1.65. The fourth-order valence-corrected chi connectivity index (χ4v) is 3.56. The normalized spacial score (nSPS) is 15.6. The largest absolute Gasteiger partial charge is 0.379 e. The third-order valence-electron chi connectivity index (χ3n) is 4.43. The maximum absolute atomic E-state index is 5.96. The number of morpholine rings is 1. The number of guanidine groups is 1. The van der Waals surface area contributed by atoms with Crippen LogP contribution in [0.1, 0.15) is 32.5 Å². The van der Waals surface area contributed by atoms with Crippen molar-refractivity contribution in [2.75, 3.05) is 52.2 Å². The number of thioether (sulfide) groups is 1. The van der Waals surface area contributed by atoms with Crippen LogP contribution in [0, 0.1) is 5.92 Å². The minimum atomic E-state index is 0. The molecule has 1 aliphatic rings. The summed E-state index contributed by atoms with van der Waals surface area (Å²) in [5.74, 6) is 2.15. The number of hydrogen-bond donors (Lipinski definition) is 2. The van der Waals surface area contributed by atoms with Gasteiger partial charge in [0.2, 0.25) is 0 Å². The third-order valence-corrected chi connectivity index (χ3v) is 5.09. The summed E-state index contributed by atoms with van der Waals surface area (Å²) in [6.07, 6.45) is 4.89. The Morgan fingerprint density at radius 3 is 2.71 bits per heavy atom. The zero-order valence-electron chi connectivity index (χ0n) is 17.4. The summed E-state index contributed by atoms with van der Waals surface area (Å²) in [5.41, 5.74) is 5.96. The van der Waals surface area contributed by atoms with Gasteiger partial charge in [0, 0.05) is 39.1 Å². The standard InChI is InChI=1S/C18H35N7OS.HI/c1-15(2)14-25-16(22-23-18(25)27-3)6-4-7-20-17(19)21-8-5-9-24-10-12-26-13-11-24;/h15H,4-14H2,1-3H3,(H3,19,20,21);1H. The summed E-state index contributed by atoms with van der Waals surface area (Å²) in [6, 6.07) is 0. The van der Waals surface area contributed by atoms with Crippen LogP contribution in [0.2, 0.25) is 0 Å². The smallest absolute Gasteiger partial charge is 0.190 e. The van der Waals surface area contributed by atoms with Crippen LogP contribution in [0.15, 0.2) is 10.1 Å². The number of rotatable bonds is 11. The highest BCUT2D eigenvalue weighted by molar-refractivity contribution is 14.0. The van der Waals surface area contributed by atoms with Gasteiger partial charge < -0.3 is 20.4 Å². The Morgan fingerprint density at radius 1 is 1.29 bits per heavy atom. The van der Waals surface area contributed by atoms with Crippen molar-refractivity contribution in [3.63, 3.8) is 0 Å². The molecule has 1 fully saturated rings. The number of hydrogen-bond acceptors (Lipinski definition) is 6. The van der Waals surface area contributed by atoms with Crippen molar-refractivity contribution in [2.45, 2.75) is 44.8 Å². The highest BCUT2D eigenvalue weighted by Gasteiger charge is 2.12. The van der Waals surface area contributed by atoms with Gasteiger partial charge in [-0.2, -0.15) is 0 Å². The summed E-state index contributed by atoms with van der Waals surface area (Å²) in [4.78, 5) is 6.85. The van der Waals surface area contributed by atoms with Gasteiger partial charge in [-0.3, -0.25) is 9.89 Å². The van der Waals surface area contributed by atoms with Crippen molar-refractivity contribution in [2.24, 2.45) is 16.6 Å². The highest BCUT2D eigenvalue weighted by atomic mass is 127. The first-order valence-corrected chi connectivity index (χ1v) is 11.1. The van der Waals surface area contributed by atoms with Crippen LogP contribution in [-0.2, 0) is 17.7 Å². The lowest BCUT2D eigenvalue weighted by atomic mass is 10.2. The van der Waals surface area contributed by atoms with Crippen molar-refractivity contribution < 1.29 is 4.74 Å². The summed E-state index contributed by atoms with van der Waals surface area (Å²) < 4.78 is 7.59. The number of aromatic nitrogens is 3. The lowest BCUT2D eigenvalue weighted by Crippen LogP contribution is -2.39. The molecule has 0 spiro atoms. The zero-order valence-corrected chi connectivity index (χ0v) is 20.5. The van der Waals surface area contributed by atoms with Crippen molar-refractivity contribution in [3.05, 3.63) is 5.82 Å². The molecule has 2 heterocycles. The summed E-state index contributed by atoms with van der Waals surface area (Å²) in [7, 11) is 0. The van der Waals surface area contributed by atoms with E-state index in [-0.39, 0.29) is 24.0 Å². The molecule has 0 saturated carbocycles. The number of nitrogens with zero attached hydrogens (tertiary/aromatic N) is 5. The lowest BCUT2D eigenvalue weighted by molar-refractivity contribution is 0.0376. The van der Waals surface area contributed by atoms with E-state index in [0.29, 0.717) is 18.4 Å². The van der Waals surface area contributed by atoms with E-state index in [0.717, 1.165) is 76.2 Å². The molecule has 1 aliphatic heterocycles. The van der Waals surface area contributed by atoms with Gasteiger partial charge >= 0.3 is 0 Å². The predicted molar refractivity (Wildman–Crippen MR) is 127 cm³/mol. The molecule has 2 rings (SSSR count). The van der Waals surface area contributed by atoms with Crippen molar-refractivity contribution in [1.82, 2.24) is 25.0 Å². The van der Waals surface area contributed by atoms with Crippen molar-refractivity contribution in [1.29, 1.82) is 0 Å². The average molecular weight is 526 g/mol. The fraction of sp³-hybridized carbons (Fsp3) is 0.833. The first-order chi connectivity index (χ1) is 13.1. The third kappa shape index (κ3) is 9.27. The second-order valence-corrected chi connectivity index (χ2v) is 7.99. The highest BCUT2D eigenvalue weighted by Crippen LogP contribution is 2.16. The van der Waals surface area contributed by atoms with Crippen LogP contribution < -0.4 is 11.1 Å². The van der Waals surface area contributed by atoms with Gasteiger partial charge in [-0.25, -0.2) is 0 Å². The first kappa shape index (κ1) is 25.4. The molecule has 1 saturated heterocycles. The van der Waals surface area contributed by atoms with Crippen LogP contribution in [0.4, 0.5) is 0 Å². The Kier molecular flexibility index (Phi) is 13.1. The fourth-order valence-electron chi connectivity index (χ4n) is 3.04. The Bertz CT molecular complexity index is 576. The molecule has 0 amide bonds. The molecular formula is C18H36IN7OS. The Morgan fingerprint density at radius 2 is 2.04 bits per heavy atom. The molecule has 0 radical (unpaired) electrons. The molecule has 0 aromatic carbocycles. The number of aliphatic imine (C=N–C) groups is 1. The number of nitrogens with two attached hydrogens (primary N) is 1. The van der Waals surface area contributed by atoms with E-state index in [1.54, 1.807) is 11.8 Å². The van der Waals surface area contributed by atoms with Gasteiger partial charge in [0.15, 0.2) is 11.1 Å². The molecule has 0 unspecified atom stereocenters. The molecule has 10 heteroatoms. The van der Waals surface area contributed by atoms with E-state index in [9.17, 15) is 0 Å². The van der Waals surface area contributed by atoms with Crippen LogP contribution in [0.5, 0.6) is 0 Å². The molecule has 1 aromatic heterocycles. The van der Waals surface area contributed by atoms with Gasteiger partial charge in [-0.15, -0.1) is 34.2 Å². The van der Waals surface area contributed by atoms with E-state index in [2.05, 4.69) is 43.8 Å². The number of ether oxygens (including phenoxy) is 1. The molecule has 28 heavy (non-hydrogen) atoms. The molecule has 0 bridgehead atoms. The molecule has 0 aliphatic carbocycles. The summed E-state index contributed by atoms with van der Waals surface area (Å²) in [6.45, 7) is 11.8. The van der Waals surface area contributed by atoms with Gasteiger partial charge in [0.25, 0.3) is 0 Å². The van der Waals surface area contributed by atoms with Crippen LogP contribution >= 0.6 is 35.7 Å². The quantitative estimate of drug-likeness (QED) is 0.150. The van der Waals surface area contributed by atoms with E-state index in [4.69, 9.17) is 10.5 Å².